The zero-order valence-corrected chi connectivity index (χ0v) is 25.8. The van der Waals surface area contributed by atoms with Gasteiger partial charge in [-0.15, -0.1) is 0 Å². The maximum absolute atomic E-state index is 14.3. The van der Waals surface area contributed by atoms with Gasteiger partial charge in [-0.2, -0.15) is 0 Å². The van der Waals surface area contributed by atoms with Crippen molar-refractivity contribution >= 4 is 18.1 Å². The Hall–Kier alpha value is -3.89. The summed E-state index contributed by atoms with van der Waals surface area (Å²) in [4.78, 5) is 41.4. The SMILES string of the molecule is COc1ccccc1CCN(C(=O)CC1CC2CCC1C2)[C@@H]1C=C(C(=O)NCCO)[C@@H]2c3cc(C=O)cc(OC)c3O[C@@H]2[C@H]1O. The standard InChI is InChI=1S/C35H42N2O8/c1-43-28-6-4-3-5-22(28)9-11-37(30(40)17-24-14-20-7-8-23(24)13-20)27-18-26(35(42)36-10-12-38)31-25-15-21(19-39)16-29(44-2)33(25)45-34(31)32(27)41/h3-6,15-16,18-20,23-24,27,31-32,34,38,41H,7-14,17H2,1-2H3,(H,36,42)/t20?,23?,24?,27-,31+,32+,34+/m1/s1. The number of ether oxygens (including phenoxy) is 3. The van der Waals surface area contributed by atoms with Crippen LogP contribution in [-0.4, -0.2) is 85.4 Å². The molecule has 2 bridgehead atoms. The second-order valence-corrected chi connectivity index (χ2v) is 12.7. The van der Waals surface area contributed by atoms with Crippen LogP contribution in [0.3, 0.4) is 0 Å². The van der Waals surface area contributed by atoms with Crippen molar-refractivity contribution in [2.75, 3.05) is 33.9 Å². The zero-order valence-electron chi connectivity index (χ0n) is 25.8. The number of fused-ring (bicyclic) bond motifs is 5. The first-order valence-electron chi connectivity index (χ1n) is 15.9. The summed E-state index contributed by atoms with van der Waals surface area (Å²) in [6, 6.07) is 10.0. The lowest BCUT2D eigenvalue weighted by atomic mass is 9.77. The topological polar surface area (TPSA) is 135 Å². The van der Waals surface area contributed by atoms with Gasteiger partial charge in [0.1, 0.15) is 24.2 Å². The molecule has 10 nitrogen and oxygen atoms in total. The number of hydrogen-bond donors (Lipinski definition) is 3. The van der Waals surface area contributed by atoms with Crippen LogP contribution < -0.4 is 19.5 Å². The predicted octanol–water partition coefficient (Wildman–Crippen LogP) is 3.04. The van der Waals surface area contributed by atoms with Crippen LogP contribution in [0.25, 0.3) is 0 Å². The number of benzene rings is 2. The Morgan fingerprint density at radius 1 is 1.11 bits per heavy atom. The third-order valence-corrected chi connectivity index (χ3v) is 10.2. The van der Waals surface area contributed by atoms with Crippen molar-refractivity contribution in [2.24, 2.45) is 17.8 Å². The van der Waals surface area contributed by atoms with E-state index in [9.17, 15) is 24.6 Å². The van der Waals surface area contributed by atoms with E-state index in [1.165, 1.54) is 20.0 Å². The minimum absolute atomic E-state index is 0.0346. The smallest absolute Gasteiger partial charge is 0.247 e. The number of aliphatic hydroxyl groups is 2. The fraction of sp³-hybridized carbons (Fsp3) is 0.514. The fourth-order valence-corrected chi connectivity index (χ4v) is 8.12. The summed E-state index contributed by atoms with van der Waals surface area (Å²) < 4.78 is 17.4. The molecule has 2 saturated carbocycles. The molecule has 2 aromatic rings. The number of nitrogens with one attached hydrogen (secondary N) is 1. The average Bonchev–Trinajstić information content (AvgIpc) is 3.79. The van der Waals surface area contributed by atoms with E-state index >= 15 is 0 Å². The van der Waals surface area contributed by atoms with Crippen molar-refractivity contribution < 1.29 is 38.8 Å². The third-order valence-electron chi connectivity index (χ3n) is 10.2. The molecule has 2 fully saturated rings. The largest absolute Gasteiger partial charge is 0.496 e. The van der Waals surface area contributed by atoms with Crippen LogP contribution in [0.2, 0.25) is 0 Å². The molecule has 2 amide bonds. The van der Waals surface area contributed by atoms with Gasteiger partial charge in [0.15, 0.2) is 11.5 Å². The minimum Gasteiger partial charge on any atom is -0.496 e. The first kappa shape index (κ1) is 31.1. The molecular formula is C35H42N2O8. The Bertz CT molecular complexity index is 1470. The van der Waals surface area contributed by atoms with E-state index in [0.717, 1.165) is 24.2 Å². The highest BCUT2D eigenvalue weighted by atomic mass is 16.5. The second-order valence-electron chi connectivity index (χ2n) is 12.7. The molecule has 0 radical (unpaired) electrons. The van der Waals surface area contributed by atoms with Gasteiger partial charge in [-0.25, -0.2) is 0 Å². The average molecular weight is 619 g/mol. The van der Waals surface area contributed by atoms with Crippen molar-refractivity contribution in [3.63, 3.8) is 0 Å². The Morgan fingerprint density at radius 3 is 2.60 bits per heavy atom. The molecule has 0 aromatic heterocycles. The van der Waals surface area contributed by atoms with Gasteiger partial charge < -0.3 is 34.6 Å². The van der Waals surface area contributed by atoms with E-state index in [1.54, 1.807) is 30.2 Å². The lowest BCUT2D eigenvalue weighted by Gasteiger charge is -2.41. The van der Waals surface area contributed by atoms with Crippen LogP contribution >= 0.6 is 0 Å². The molecule has 2 aromatic carbocycles. The molecule has 1 aliphatic heterocycles. The summed E-state index contributed by atoms with van der Waals surface area (Å²) >= 11 is 0. The molecule has 0 spiro atoms. The Labute approximate surface area is 263 Å². The Morgan fingerprint density at radius 2 is 1.91 bits per heavy atom. The summed E-state index contributed by atoms with van der Waals surface area (Å²) in [6.45, 7) is 0.0854. The van der Waals surface area contributed by atoms with Crippen LogP contribution in [0.1, 0.15) is 59.5 Å². The van der Waals surface area contributed by atoms with Crippen LogP contribution in [-0.2, 0) is 16.0 Å². The number of nitrogens with zero attached hydrogens (tertiary/aromatic N) is 1. The van der Waals surface area contributed by atoms with Crippen molar-refractivity contribution in [3.8, 4) is 17.2 Å². The van der Waals surface area contributed by atoms with Crippen molar-refractivity contribution in [1.29, 1.82) is 0 Å². The van der Waals surface area contributed by atoms with Gasteiger partial charge in [-0.05, 0) is 73.3 Å². The summed E-state index contributed by atoms with van der Waals surface area (Å²) in [5.74, 6) is 1.74. The quantitative estimate of drug-likeness (QED) is 0.309. The van der Waals surface area contributed by atoms with Gasteiger partial charge in [-0.1, -0.05) is 24.6 Å². The lowest BCUT2D eigenvalue weighted by molar-refractivity contribution is -0.138. The first-order valence-corrected chi connectivity index (χ1v) is 15.9. The Balaban J connectivity index is 1.38. The maximum atomic E-state index is 14.3. The molecule has 1 heterocycles. The molecular weight excluding hydrogens is 576 g/mol. The predicted molar refractivity (Wildman–Crippen MR) is 165 cm³/mol. The van der Waals surface area contributed by atoms with Crippen LogP contribution in [0.5, 0.6) is 17.2 Å². The molecule has 240 valence electrons. The van der Waals surface area contributed by atoms with Gasteiger partial charge in [0.05, 0.1) is 32.8 Å². The monoisotopic (exact) mass is 618 g/mol. The second kappa shape index (κ2) is 13.2. The number of carbonyl (C=O) groups excluding carboxylic acids is 3. The van der Waals surface area contributed by atoms with Crippen LogP contribution in [0.4, 0.5) is 0 Å². The van der Waals surface area contributed by atoms with Crippen molar-refractivity contribution in [2.45, 2.75) is 62.7 Å². The van der Waals surface area contributed by atoms with E-state index in [-0.39, 0.29) is 19.1 Å². The third kappa shape index (κ3) is 5.93. The normalized spacial score (nSPS) is 27.6. The minimum atomic E-state index is -1.18. The molecule has 3 aliphatic carbocycles. The fourth-order valence-electron chi connectivity index (χ4n) is 8.12. The van der Waals surface area contributed by atoms with Crippen LogP contribution in [0.15, 0.2) is 48.0 Å². The molecule has 45 heavy (non-hydrogen) atoms. The zero-order chi connectivity index (χ0) is 31.7. The van der Waals surface area contributed by atoms with Gasteiger partial charge in [0, 0.05) is 36.2 Å². The van der Waals surface area contributed by atoms with Crippen LogP contribution in [0, 0.1) is 17.8 Å². The highest BCUT2D eigenvalue weighted by Crippen LogP contribution is 2.52. The number of aldehydes is 1. The number of aliphatic hydroxyl groups excluding tert-OH is 2. The van der Waals surface area contributed by atoms with E-state index < -0.39 is 30.1 Å². The molecule has 3 N–H and O–H groups in total. The number of rotatable bonds is 12. The first-order chi connectivity index (χ1) is 21.9. The van der Waals surface area contributed by atoms with E-state index in [1.807, 2.05) is 24.3 Å². The summed E-state index contributed by atoms with van der Waals surface area (Å²) in [7, 11) is 3.08. The molecule has 6 rings (SSSR count). The number of methoxy groups -OCH3 is 2. The highest BCUT2D eigenvalue weighted by Gasteiger charge is 2.52. The molecule has 7 atom stereocenters. The summed E-state index contributed by atoms with van der Waals surface area (Å²) in [6.07, 6.45) is 5.79. The molecule has 10 heteroatoms. The molecule has 3 unspecified atom stereocenters. The van der Waals surface area contributed by atoms with Gasteiger partial charge in [-0.3, -0.25) is 14.4 Å². The number of para-hydroxylation sites is 1. The van der Waals surface area contributed by atoms with Gasteiger partial charge in [0.2, 0.25) is 11.8 Å². The lowest BCUT2D eigenvalue weighted by Crippen LogP contribution is -2.56. The van der Waals surface area contributed by atoms with Gasteiger partial charge >= 0.3 is 0 Å². The highest BCUT2D eigenvalue weighted by molar-refractivity contribution is 5.96. The number of hydrogen-bond acceptors (Lipinski definition) is 8. The van der Waals surface area contributed by atoms with E-state index in [2.05, 4.69) is 5.32 Å². The Kier molecular flexibility index (Phi) is 9.14. The molecule has 0 saturated heterocycles. The van der Waals surface area contributed by atoms with E-state index in [0.29, 0.717) is 71.6 Å². The molecule has 4 aliphatic rings. The number of amides is 2. The summed E-state index contributed by atoms with van der Waals surface area (Å²) in [5, 5.41) is 24.2. The van der Waals surface area contributed by atoms with E-state index in [4.69, 9.17) is 14.2 Å². The van der Waals surface area contributed by atoms with Gasteiger partial charge in [0.25, 0.3) is 0 Å². The van der Waals surface area contributed by atoms with Crippen molar-refractivity contribution in [1.82, 2.24) is 10.2 Å². The maximum Gasteiger partial charge on any atom is 0.247 e. The number of carbonyl (C=O) groups is 3. The summed E-state index contributed by atoms with van der Waals surface area (Å²) in [5.41, 5.74) is 2.14. The van der Waals surface area contributed by atoms with Crippen molar-refractivity contribution in [3.05, 3.63) is 64.7 Å².